The Bertz CT molecular complexity index is 684. The number of hydrogen-bond acceptors (Lipinski definition) is 1. The monoisotopic (exact) mass is 314 g/mol. The molecule has 0 atom stereocenters. The van der Waals surface area contributed by atoms with Crippen LogP contribution in [0.4, 0.5) is 8.78 Å². The van der Waals surface area contributed by atoms with Crippen molar-refractivity contribution in [1.82, 2.24) is 0 Å². The van der Waals surface area contributed by atoms with Gasteiger partial charge in [0.25, 0.3) is 0 Å². The van der Waals surface area contributed by atoms with E-state index in [0.29, 0.717) is 21.7 Å². The highest BCUT2D eigenvalue weighted by molar-refractivity contribution is 6.35. The van der Waals surface area contributed by atoms with Crippen molar-refractivity contribution in [3.63, 3.8) is 0 Å². The SMILES string of the molecule is Cc1cc(C(=O)Cc2ccc(Cl)cc2Cl)c(F)cc1F. The Morgan fingerprint density at radius 1 is 1.10 bits per heavy atom. The van der Waals surface area contributed by atoms with E-state index in [4.69, 9.17) is 23.2 Å². The molecular formula is C15H10Cl2F2O. The average molecular weight is 315 g/mol. The predicted molar refractivity (Wildman–Crippen MR) is 75.6 cm³/mol. The normalized spacial score (nSPS) is 10.7. The van der Waals surface area contributed by atoms with E-state index < -0.39 is 17.4 Å². The zero-order chi connectivity index (χ0) is 14.9. The highest BCUT2D eigenvalue weighted by atomic mass is 35.5. The number of carbonyl (C=O) groups is 1. The molecule has 0 spiro atoms. The highest BCUT2D eigenvalue weighted by Crippen LogP contribution is 2.23. The smallest absolute Gasteiger partial charge is 0.170 e. The van der Waals surface area contributed by atoms with Crippen LogP contribution in [0, 0.1) is 18.6 Å². The molecule has 0 aliphatic carbocycles. The van der Waals surface area contributed by atoms with E-state index in [-0.39, 0.29) is 17.5 Å². The zero-order valence-electron chi connectivity index (χ0n) is 10.5. The van der Waals surface area contributed by atoms with Crippen molar-refractivity contribution in [3.8, 4) is 0 Å². The van der Waals surface area contributed by atoms with Crippen molar-refractivity contribution in [2.75, 3.05) is 0 Å². The first-order valence-electron chi connectivity index (χ1n) is 5.81. The van der Waals surface area contributed by atoms with Crippen molar-refractivity contribution in [3.05, 3.63) is 68.7 Å². The second-order valence-corrected chi connectivity index (χ2v) is 5.26. The van der Waals surface area contributed by atoms with E-state index in [0.717, 1.165) is 0 Å². The first kappa shape index (κ1) is 14.9. The summed E-state index contributed by atoms with van der Waals surface area (Å²) < 4.78 is 26.8. The second-order valence-electron chi connectivity index (χ2n) is 4.42. The van der Waals surface area contributed by atoms with Crippen LogP contribution in [0.25, 0.3) is 0 Å². The van der Waals surface area contributed by atoms with Gasteiger partial charge in [-0.3, -0.25) is 4.79 Å². The van der Waals surface area contributed by atoms with Gasteiger partial charge >= 0.3 is 0 Å². The zero-order valence-corrected chi connectivity index (χ0v) is 12.0. The molecule has 0 saturated heterocycles. The van der Waals surface area contributed by atoms with Crippen LogP contribution < -0.4 is 0 Å². The van der Waals surface area contributed by atoms with E-state index >= 15 is 0 Å². The molecule has 0 unspecified atom stereocenters. The Labute approximate surface area is 125 Å². The summed E-state index contributed by atoms with van der Waals surface area (Å²) in [4.78, 5) is 12.1. The lowest BCUT2D eigenvalue weighted by Crippen LogP contribution is -2.08. The number of Topliss-reactive ketones (excluding diaryl/α,β-unsaturated/α-hetero) is 1. The molecule has 104 valence electrons. The van der Waals surface area contributed by atoms with Crippen LogP contribution in [-0.4, -0.2) is 5.78 Å². The number of halogens is 4. The van der Waals surface area contributed by atoms with Crippen molar-refractivity contribution in [2.45, 2.75) is 13.3 Å². The molecule has 2 aromatic rings. The Hall–Kier alpha value is -1.45. The molecule has 0 saturated carbocycles. The fourth-order valence-electron chi connectivity index (χ4n) is 1.80. The standard InChI is InChI=1S/C15H10Cl2F2O/c1-8-4-11(14(19)7-13(8)18)15(20)5-9-2-3-10(16)6-12(9)17/h2-4,6-7H,5H2,1H3. The lowest BCUT2D eigenvalue weighted by Gasteiger charge is -2.07. The van der Waals surface area contributed by atoms with Gasteiger partial charge in [-0.2, -0.15) is 0 Å². The van der Waals surface area contributed by atoms with Crippen LogP contribution in [-0.2, 0) is 6.42 Å². The Balaban J connectivity index is 2.31. The van der Waals surface area contributed by atoms with Crippen molar-refractivity contribution in [1.29, 1.82) is 0 Å². The van der Waals surface area contributed by atoms with Crippen molar-refractivity contribution in [2.24, 2.45) is 0 Å². The lowest BCUT2D eigenvalue weighted by atomic mass is 10.0. The molecule has 0 N–H and O–H groups in total. The third-order valence-electron chi connectivity index (χ3n) is 2.91. The quantitative estimate of drug-likeness (QED) is 0.728. The van der Waals surface area contributed by atoms with Gasteiger partial charge in [-0.1, -0.05) is 29.3 Å². The number of ketones is 1. The number of rotatable bonds is 3. The number of carbonyl (C=O) groups excluding carboxylic acids is 1. The van der Waals surface area contributed by atoms with Gasteiger partial charge in [-0.15, -0.1) is 0 Å². The van der Waals surface area contributed by atoms with Gasteiger partial charge in [-0.25, -0.2) is 8.78 Å². The average Bonchev–Trinajstić information content (AvgIpc) is 2.37. The lowest BCUT2D eigenvalue weighted by molar-refractivity contribution is 0.0989. The topological polar surface area (TPSA) is 17.1 Å². The Kier molecular flexibility index (Phi) is 4.41. The van der Waals surface area contributed by atoms with E-state index in [2.05, 4.69) is 0 Å². The van der Waals surface area contributed by atoms with Crippen LogP contribution in [0.3, 0.4) is 0 Å². The largest absolute Gasteiger partial charge is 0.294 e. The summed E-state index contributed by atoms with van der Waals surface area (Å²) in [7, 11) is 0. The molecule has 0 aliphatic heterocycles. The predicted octanol–water partition coefficient (Wildman–Crippen LogP) is 5.01. The Morgan fingerprint density at radius 2 is 1.80 bits per heavy atom. The van der Waals surface area contributed by atoms with Gasteiger partial charge in [0.15, 0.2) is 5.78 Å². The number of hydrogen-bond donors (Lipinski definition) is 0. The molecule has 0 amide bonds. The first-order valence-corrected chi connectivity index (χ1v) is 6.57. The molecule has 0 fully saturated rings. The van der Waals surface area contributed by atoms with E-state index in [1.165, 1.54) is 19.1 Å². The Morgan fingerprint density at radius 3 is 2.45 bits per heavy atom. The number of aryl methyl sites for hydroxylation is 1. The van der Waals surface area contributed by atoms with Gasteiger partial charge in [0.1, 0.15) is 11.6 Å². The van der Waals surface area contributed by atoms with Gasteiger partial charge in [0.05, 0.1) is 5.56 Å². The van der Waals surface area contributed by atoms with Crippen LogP contribution >= 0.6 is 23.2 Å². The summed E-state index contributed by atoms with van der Waals surface area (Å²) in [6, 6.07) is 6.64. The fourth-order valence-corrected chi connectivity index (χ4v) is 2.28. The third kappa shape index (κ3) is 3.17. The first-order chi connectivity index (χ1) is 9.38. The molecule has 2 rings (SSSR count). The number of benzene rings is 2. The second kappa shape index (κ2) is 5.90. The van der Waals surface area contributed by atoms with Crippen LogP contribution in [0.2, 0.25) is 10.0 Å². The van der Waals surface area contributed by atoms with Gasteiger partial charge < -0.3 is 0 Å². The summed E-state index contributed by atoms with van der Waals surface area (Å²) in [5.74, 6) is -2.01. The van der Waals surface area contributed by atoms with E-state index in [9.17, 15) is 13.6 Å². The summed E-state index contributed by atoms with van der Waals surface area (Å²) in [6.07, 6.45) is -0.0714. The maximum atomic E-state index is 13.6. The fraction of sp³-hybridized carbons (Fsp3) is 0.133. The molecule has 0 aliphatic rings. The van der Waals surface area contributed by atoms with Gasteiger partial charge in [0.2, 0.25) is 0 Å². The van der Waals surface area contributed by atoms with Crippen LogP contribution in [0.5, 0.6) is 0 Å². The molecule has 0 radical (unpaired) electrons. The van der Waals surface area contributed by atoms with E-state index in [1.807, 2.05) is 0 Å². The van der Waals surface area contributed by atoms with Crippen molar-refractivity contribution < 1.29 is 13.6 Å². The maximum absolute atomic E-state index is 13.6. The van der Waals surface area contributed by atoms with Gasteiger partial charge in [-0.05, 0) is 36.2 Å². The molecule has 2 aromatic carbocycles. The maximum Gasteiger partial charge on any atom is 0.170 e. The third-order valence-corrected chi connectivity index (χ3v) is 3.50. The minimum atomic E-state index is -0.872. The molecule has 0 bridgehead atoms. The summed E-state index contributed by atoms with van der Waals surface area (Å²) in [6.45, 7) is 1.47. The summed E-state index contributed by atoms with van der Waals surface area (Å²) in [5, 5.41) is 0.792. The van der Waals surface area contributed by atoms with Crippen LogP contribution in [0.1, 0.15) is 21.5 Å². The van der Waals surface area contributed by atoms with E-state index in [1.54, 1.807) is 12.1 Å². The molecule has 5 heteroatoms. The summed E-state index contributed by atoms with van der Waals surface area (Å²) in [5.41, 5.74) is 0.620. The summed E-state index contributed by atoms with van der Waals surface area (Å²) >= 11 is 11.7. The molecule has 0 aromatic heterocycles. The molecule has 1 nitrogen and oxygen atoms in total. The molecular weight excluding hydrogens is 305 g/mol. The minimum Gasteiger partial charge on any atom is -0.294 e. The minimum absolute atomic E-state index is 0.0714. The van der Waals surface area contributed by atoms with Crippen LogP contribution in [0.15, 0.2) is 30.3 Å². The van der Waals surface area contributed by atoms with Crippen molar-refractivity contribution >= 4 is 29.0 Å². The molecule has 20 heavy (non-hydrogen) atoms. The molecule has 0 heterocycles. The highest BCUT2D eigenvalue weighted by Gasteiger charge is 2.16. The van der Waals surface area contributed by atoms with Gasteiger partial charge in [0, 0.05) is 22.5 Å².